The number of nitrogens with zero attached hydrogens (tertiary/aromatic N) is 2. The Morgan fingerprint density at radius 2 is 1.11 bits per heavy atom. The summed E-state index contributed by atoms with van der Waals surface area (Å²) in [6, 6.07) is -1.04. The molecule has 0 bridgehead atoms. The van der Waals surface area contributed by atoms with Crippen molar-refractivity contribution in [2.75, 3.05) is 47.9 Å². The zero-order valence-corrected chi connectivity index (χ0v) is 25.1. The van der Waals surface area contributed by atoms with Crippen LogP contribution in [0.5, 0.6) is 0 Å². The average Bonchev–Trinajstić information content (AvgIpc) is 3.43. The second-order valence-electron chi connectivity index (χ2n) is 10.2. The van der Waals surface area contributed by atoms with Crippen molar-refractivity contribution in [1.82, 2.24) is 20.4 Å². The molecular weight excluding hydrogens is 545 g/mol. The summed E-state index contributed by atoms with van der Waals surface area (Å²) in [7, 11) is 3.20. The van der Waals surface area contributed by atoms with Gasteiger partial charge in [0, 0.05) is 36.1 Å². The number of nitrogens with one attached hydrogen (secondary N) is 2. The minimum Gasteiger partial charge on any atom is -0.444 e. The van der Waals surface area contributed by atoms with Crippen molar-refractivity contribution in [3.05, 3.63) is 0 Å². The van der Waals surface area contributed by atoms with Gasteiger partial charge < -0.3 is 20.1 Å². The lowest BCUT2D eigenvalue weighted by Gasteiger charge is -2.27. The molecule has 4 amide bonds. The zero-order valence-electron chi connectivity index (χ0n) is 21.8. The number of hydrogen-bond acceptors (Lipinski definition) is 10. The Hall–Kier alpha value is -1.12. The van der Waals surface area contributed by atoms with Crippen LogP contribution in [0.15, 0.2) is 0 Å². The van der Waals surface area contributed by atoms with Crippen molar-refractivity contribution in [1.29, 1.82) is 0 Å². The average molecular weight is 583 g/mol. The maximum absolute atomic E-state index is 12.5. The van der Waals surface area contributed by atoms with Crippen molar-refractivity contribution >= 4 is 69.1 Å². The number of thioether (sulfide) groups is 2. The molecule has 2 aliphatic rings. The lowest BCUT2D eigenvalue weighted by Crippen LogP contribution is -2.49. The summed E-state index contributed by atoms with van der Waals surface area (Å²) >= 11 is 3.06. The highest BCUT2D eigenvalue weighted by Gasteiger charge is 2.38. The first kappa shape index (κ1) is 31.1. The number of rotatable bonds is 9. The van der Waals surface area contributed by atoms with Crippen LogP contribution in [0.4, 0.5) is 9.59 Å². The first-order valence-corrected chi connectivity index (χ1v) is 16.5. The maximum Gasteiger partial charge on any atom is 0.411 e. The van der Waals surface area contributed by atoms with Gasteiger partial charge in [0.2, 0.25) is 11.8 Å². The molecule has 0 aromatic carbocycles. The van der Waals surface area contributed by atoms with Crippen molar-refractivity contribution in [3.63, 3.8) is 0 Å². The van der Waals surface area contributed by atoms with E-state index in [1.165, 1.54) is 33.3 Å². The van der Waals surface area contributed by atoms with E-state index in [2.05, 4.69) is 10.6 Å². The number of amides is 4. The third-order valence-electron chi connectivity index (χ3n) is 4.68. The van der Waals surface area contributed by atoms with Crippen molar-refractivity contribution in [2.45, 2.75) is 64.8 Å². The van der Waals surface area contributed by atoms with Crippen molar-refractivity contribution < 1.29 is 28.7 Å². The van der Waals surface area contributed by atoms with Gasteiger partial charge in [-0.1, -0.05) is 21.6 Å². The van der Waals surface area contributed by atoms with E-state index >= 15 is 0 Å². The van der Waals surface area contributed by atoms with E-state index in [9.17, 15) is 19.2 Å². The first-order valence-electron chi connectivity index (χ1n) is 11.7. The Morgan fingerprint density at radius 1 is 0.750 bits per heavy atom. The van der Waals surface area contributed by atoms with Gasteiger partial charge in [-0.2, -0.15) is 0 Å². The van der Waals surface area contributed by atoms with Crippen LogP contribution in [0.1, 0.15) is 41.5 Å². The molecule has 2 fully saturated rings. The first-order chi connectivity index (χ1) is 16.8. The molecule has 206 valence electrons. The molecule has 10 nitrogen and oxygen atoms in total. The summed E-state index contributed by atoms with van der Waals surface area (Å²) in [5.41, 5.74) is -1.21. The quantitative estimate of drug-likeness (QED) is 0.310. The number of carbonyl (C=O) groups excluding carboxylic acids is 4. The van der Waals surface area contributed by atoms with E-state index < -0.39 is 35.5 Å². The van der Waals surface area contributed by atoms with Gasteiger partial charge in [0.05, 0.1) is 11.8 Å². The fraction of sp³-hybridized carbons (Fsp3) is 0.818. The monoisotopic (exact) mass is 582 g/mol. The third kappa shape index (κ3) is 10.7. The van der Waals surface area contributed by atoms with Crippen LogP contribution < -0.4 is 10.6 Å². The van der Waals surface area contributed by atoms with Crippen LogP contribution in [0.3, 0.4) is 0 Å². The number of hydrogen-bond donors (Lipinski definition) is 2. The molecule has 0 aromatic heterocycles. The smallest absolute Gasteiger partial charge is 0.411 e. The molecule has 0 aliphatic carbocycles. The lowest BCUT2D eigenvalue weighted by atomic mass is 10.2. The molecule has 2 saturated heterocycles. The number of ether oxygens (including phenoxy) is 2. The van der Waals surface area contributed by atoms with Gasteiger partial charge in [-0.3, -0.25) is 19.4 Å². The van der Waals surface area contributed by atoms with Crippen LogP contribution in [0, 0.1) is 0 Å². The zero-order chi connectivity index (χ0) is 26.9. The second-order valence-corrected chi connectivity index (χ2v) is 14.9. The highest BCUT2D eigenvalue weighted by Crippen LogP contribution is 2.25. The number of carbonyl (C=O) groups is 4. The Labute approximate surface area is 230 Å². The van der Waals surface area contributed by atoms with Crippen LogP contribution in [0.25, 0.3) is 0 Å². The normalized spacial score (nSPS) is 20.3. The summed E-state index contributed by atoms with van der Waals surface area (Å²) in [6.07, 6.45) is -0.935. The van der Waals surface area contributed by atoms with Crippen molar-refractivity contribution in [2.24, 2.45) is 0 Å². The van der Waals surface area contributed by atoms with Gasteiger partial charge >= 0.3 is 12.2 Å². The minimum absolute atomic E-state index is 0.173. The summed E-state index contributed by atoms with van der Waals surface area (Å²) in [5.74, 6) is 3.04. The third-order valence-corrected chi connectivity index (χ3v) is 9.11. The summed E-state index contributed by atoms with van der Waals surface area (Å²) in [5, 5.41) is 5.79. The summed E-state index contributed by atoms with van der Waals surface area (Å²) in [4.78, 5) is 52.7. The molecule has 0 unspecified atom stereocenters. The van der Waals surface area contributed by atoms with E-state index in [1.54, 1.807) is 63.1 Å². The molecule has 2 aliphatic heterocycles. The van der Waals surface area contributed by atoms with Gasteiger partial charge in [-0.25, -0.2) is 9.59 Å². The molecule has 2 heterocycles. The van der Waals surface area contributed by atoms with Crippen LogP contribution >= 0.6 is 45.1 Å². The van der Waals surface area contributed by atoms with E-state index in [0.29, 0.717) is 47.9 Å². The molecule has 14 heteroatoms. The van der Waals surface area contributed by atoms with E-state index in [0.717, 1.165) is 0 Å². The highest BCUT2D eigenvalue weighted by molar-refractivity contribution is 8.76. The highest BCUT2D eigenvalue weighted by atomic mass is 33.1. The van der Waals surface area contributed by atoms with Gasteiger partial charge in [0.1, 0.15) is 23.3 Å². The van der Waals surface area contributed by atoms with Crippen LogP contribution in [-0.4, -0.2) is 105 Å². The Bertz CT molecular complexity index is 725. The predicted octanol–water partition coefficient (Wildman–Crippen LogP) is 3.22. The summed E-state index contributed by atoms with van der Waals surface area (Å²) in [6.45, 7) is 11.8. The maximum atomic E-state index is 12.5. The lowest BCUT2D eigenvalue weighted by molar-refractivity contribution is -0.125. The van der Waals surface area contributed by atoms with E-state index in [-0.39, 0.29) is 11.8 Å². The van der Waals surface area contributed by atoms with Gasteiger partial charge in [-0.15, -0.1) is 23.5 Å². The fourth-order valence-corrected chi connectivity index (χ4v) is 7.20. The Morgan fingerprint density at radius 3 is 1.44 bits per heavy atom. The molecule has 0 spiro atoms. The molecule has 2 atom stereocenters. The molecule has 2 rings (SSSR count). The molecule has 0 radical (unpaired) electrons. The topological polar surface area (TPSA) is 117 Å². The molecule has 0 saturated carbocycles. The minimum atomic E-state index is -0.605. The SMILES string of the molecule is CC(C)(C)OC(=O)N1CSC[C@H]1C(=O)NCCSSCCNC(=O)[C@@H]1CSCN1C(=O)OC(C)(C)C. The Kier molecular flexibility index (Phi) is 12.2. The molecular formula is C22H38N4O6S4. The summed E-state index contributed by atoms with van der Waals surface area (Å²) < 4.78 is 10.8. The Balaban J connectivity index is 1.59. The largest absolute Gasteiger partial charge is 0.444 e. The van der Waals surface area contributed by atoms with Crippen LogP contribution in [-0.2, 0) is 19.1 Å². The predicted molar refractivity (Wildman–Crippen MR) is 149 cm³/mol. The second kappa shape index (κ2) is 14.1. The van der Waals surface area contributed by atoms with Gasteiger partial charge in [0.15, 0.2) is 0 Å². The van der Waals surface area contributed by atoms with Crippen LogP contribution in [0.2, 0.25) is 0 Å². The van der Waals surface area contributed by atoms with Gasteiger partial charge in [0.25, 0.3) is 0 Å². The molecule has 0 aromatic rings. The van der Waals surface area contributed by atoms with E-state index in [1.807, 2.05) is 0 Å². The molecule has 2 N–H and O–H groups in total. The van der Waals surface area contributed by atoms with E-state index in [4.69, 9.17) is 9.47 Å². The van der Waals surface area contributed by atoms with Gasteiger partial charge in [-0.05, 0) is 41.5 Å². The fourth-order valence-electron chi connectivity index (χ4n) is 3.11. The molecule has 36 heavy (non-hydrogen) atoms. The van der Waals surface area contributed by atoms with Crippen molar-refractivity contribution in [3.8, 4) is 0 Å². The standard InChI is InChI=1S/C22H38N4O6S4/c1-21(2,3)31-19(29)25-13-33-11-15(25)17(27)23-7-9-35-36-10-8-24-18(28)16-12-34-14-26(16)20(30)32-22(4,5)6/h15-16H,7-14H2,1-6H3,(H,23,27)(H,24,28)/t15-,16-/m0/s1.